The van der Waals surface area contributed by atoms with Crippen LogP contribution in [0.3, 0.4) is 0 Å². The molecule has 0 aliphatic carbocycles. The fourth-order valence-corrected chi connectivity index (χ4v) is 3.78. The molecular weight excluding hydrogens is 382 g/mol. The van der Waals surface area contributed by atoms with E-state index in [1.807, 2.05) is 25.1 Å². The molecule has 1 aliphatic heterocycles. The molecule has 3 N–H and O–H groups in total. The van der Waals surface area contributed by atoms with Crippen LogP contribution in [0.1, 0.15) is 47.9 Å². The molecule has 0 bridgehead atoms. The summed E-state index contributed by atoms with van der Waals surface area (Å²) in [6, 6.07) is 11.2. The number of aryl methyl sites for hydroxylation is 1. The predicted octanol–water partition coefficient (Wildman–Crippen LogP) is 3.95. The van der Waals surface area contributed by atoms with Gasteiger partial charge in [-0.1, -0.05) is 12.1 Å². The second kappa shape index (κ2) is 8.10. The molecule has 7 heteroatoms. The van der Waals surface area contributed by atoms with Gasteiger partial charge in [0, 0.05) is 17.8 Å². The van der Waals surface area contributed by atoms with Gasteiger partial charge in [-0.2, -0.15) is 0 Å². The third kappa shape index (κ3) is 3.83. The number of carbonyl (C=O) groups is 2. The van der Waals surface area contributed by atoms with E-state index >= 15 is 0 Å². The zero-order chi connectivity index (χ0) is 21.3. The van der Waals surface area contributed by atoms with Crippen LogP contribution in [0, 0.1) is 0 Å². The second-order valence-corrected chi connectivity index (χ2v) is 7.48. The van der Waals surface area contributed by atoms with Crippen molar-refractivity contribution in [3.05, 3.63) is 53.2 Å². The lowest BCUT2D eigenvalue weighted by Crippen LogP contribution is -2.28. The number of nitrogens with one attached hydrogen (secondary N) is 3. The summed E-state index contributed by atoms with van der Waals surface area (Å²) >= 11 is 0. The van der Waals surface area contributed by atoms with Gasteiger partial charge < -0.3 is 25.1 Å². The zero-order valence-electron chi connectivity index (χ0n) is 17.3. The van der Waals surface area contributed by atoms with Crippen molar-refractivity contribution in [1.29, 1.82) is 0 Å². The van der Waals surface area contributed by atoms with E-state index in [0.717, 1.165) is 41.8 Å². The summed E-state index contributed by atoms with van der Waals surface area (Å²) in [4.78, 5) is 28.0. The van der Waals surface area contributed by atoms with Crippen LogP contribution in [-0.4, -0.2) is 30.5 Å². The first kappa shape index (κ1) is 19.8. The van der Waals surface area contributed by atoms with Gasteiger partial charge in [0.2, 0.25) is 5.91 Å². The van der Waals surface area contributed by atoms with Crippen molar-refractivity contribution in [3.8, 4) is 11.5 Å². The average Bonchev–Trinajstić information content (AvgIpc) is 3.10. The standard InChI is InChI=1S/C23H25N3O4/c1-13(15-6-9-20-16(11-15)5-4-10-30-20)24-23(28)22-21(25-14(2)27)18-12-17(29-3)7-8-19(18)26-22/h6-9,11-13,26H,4-5,10H2,1-3H3,(H,24,28)(H,25,27)/t13-/m1/s1. The number of methoxy groups -OCH3 is 1. The van der Waals surface area contributed by atoms with Crippen LogP contribution in [0.4, 0.5) is 5.69 Å². The van der Waals surface area contributed by atoms with Gasteiger partial charge in [-0.05, 0) is 55.2 Å². The van der Waals surface area contributed by atoms with Crippen molar-refractivity contribution in [2.24, 2.45) is 0 Å². The quantitative estimate of drug-likeness (QED) is 0.597. The highest BCUT2D eigenvalue weighted by atomic mass is 16.5. The van der Waals surface area contributed by atoms with E-state index in [1.165, 1.54) is 6.92 Å². The highest BCUT2D eigenvalue weighted by Gasteiger charge is 2.22. The second-order valence-electron chi connectivity index (χ2n) is 7.48. The minimum Gasteiger partial charge on any atom is -0.497 e. The van der Waals surface area contributed by atoms with Gasteiger partial charge in [-0.15, -0.1) is 0 Å². The molecule has 3 aromatic rings. The molecule has 1 atom stereocenters. The number of ether oxygens (including phenoxy) is 2. The number of aromatic nitrogens is 1. The Bertz CT molecular complexity index is 1120. The molecule has 2 heterocycles. The third-order valence-electron chi connectivity index (χ3n) is 5.31. The van der Waals surface area contributed by atoms with Crippen LogP contribution in [0.5, 0.6) is 11.5 Å². The normalized spacial score (nSPS) is 13.8. The SMILES string of the molecule is COc1ccc2[nH]c(C(=O)N[C@H](C)c3ccc4c(c3)CCCO4)c(NC(C)=O)c2c1. The van der Waals surface area contributed by atoms with E-state index in [-0.39, 0.29) is 17.9 Å². The van der Waals surface area contributed by atoms with Crippen LogP contribution < -0.4 is 20.1 Å². The lowest BCUT2D eigenvalue weighted by atomic mass is 10.00. The maximum Gasteiger partial charge on any atom is 0.270 e. The largest absolute Gasteiger partial charge is 0.497 e. The minimum absolute atomic E-state index is 0.212. The Morgan fingerprint density at radius 2 is 2.03 bits per heavy atom. The lowest BCUT2D eigenvalue weighted by molar-refractivity contribution is -0.114. The van der Waals surface area contributed by atoms with Gasteiger partial charge in [0.1, 0.15) is 17.2 Å². The van der Waals surface area contributed by atoms with Crippen molar-refractivity contribution in [3.63, 3.8) is 0 Å². The van der Waals surface area contributed by atoms with E-state index < -0.39 is 0 Å². The van der Waals surface area contributed by atoms with Gasteiger partial charge in [0.25, 0.3) is 5.91 Å². The summed E-state index contributed by atoms with van der Waals surface area (Å²) in [7, 11) is 1.57. The molecule has 0 unspecified atom stereocenters. The summed E-state index contributed by atoms with van der Waals surface area (Å²) in [5, 5.41) is 6.52. The summed E-state index contributed by atoms with van der Waals surface area (Å²) in [5.41, 5.74) is 3.66. The first-order valence-electron chi connectivity index (χ1n) is 10.00. The molecule has 156 valence electrons. The summed E-state index contributed by atoms with van der Waals surface area (Å²) in [6.07, 6.45) is 1.97. The minimum atomic E-state index is -0.296. The number of rotatable bonds is 5. The Hall–Kier alpha value is -3.48. The monoisotopic (exact) mass is 407 g/mol. The van der Waals surface area contributed by atoms with Gasteiger partial charge in [0.05, 0.1) is 25.4 Å². The number of fused-ring (bicyclic) bond motifs is 2. The van der Waals surface area contributed by atoms with Gasteiger partial charge in [0.15, 0.2) is 0 Å². The molecule has 0 radical (unpaired) electrons. The number of aromatic amines is 1. The van der Waals surface area contributed by atoms with E-state index in [2.05, 4.69) is 21.7 Å². The van der Waals surface area contributed by atoms with Crippen LogP contribution >= 0.6 is 0 Å². The fourth-order valence-electron chi connectivity index (χ4n) is 3.78. The van der Waals surface area contributed by atoms with E-state index in [4.69, 9.17) is 9.47 Å². The number of benzene rings is 2. The number of H-pyrrole nitrogens is 1. The van der Waals surface area contributed by atoms with Crippen LogP contribution in [0.15, 0.2) is 36.4 Å². The van der Waals surface area contributed by atoms with Gasteiger partial charge >= 0.3 is 0 Å². The van der Waals surface area contributed by atoms with Crippen molar-refractivity contribution in [1.82, 2.24) is 10.3 Å². The molecule has 0 fully saturated rings. The Morgan fingerprint density at radius 3 is 2.80 bits per heavy atom. The maximum atomic E-state index is 13.1. The molecule has 0 saturated heterocycles. The summed E-state index contributed by atoms with van der Waals surface area (Å²) in [5.74, 6) is 1.01. The molecule has 0 spiro atoms. The molecular formula is C23H25N3O4. The number of carbonyl (C=O) groups excluding carboxylic acids is 2. The topological polar surface area (TPSA) is 92.5 Å². The van der Waals surface area contributed by atoms with E-state index in [1.54, 1.807) is 19.2 Å². The molecule has 7 nitrogen and oxygen atoms in total. The third-order valence-corrected chi connectivity index (χ3v) is 5.31. The average molecular weight is 407 g/mol. The first-order valence-corrected chi connectivity index (χ1v) is 10.00. The molecule has 4 rings (SSSR count). The molecule has 1 aliphatic rings. The number of hydrogen-bond acceptors (Lipinski definition) is 4. The molecule has 2 aromatic carbocycles. The highest BCUT2D eigenvalue weighted by Crippen LogP contribution is 2.32. The first-order chi connectivity index (χ1) is 14.5. The molecule has 1 aromatic heterocycles. The predicted molar refractivity (Wildman–Crippen MR) is 115 cm³/mol. The van der Waals surface area contributed by atoms with Crippen LogP contribution in [0.2, 0.25) is 0 Å². The van der Waals surface area contributed by atoms with Crippen LogP contribution in [0.25, 0.3) is 10.9 Å². The summed E-state index contributed by atoms with van der Waals surface area (Å²) < 4.78 is 11.0. The van der Waals surface area contributed by atoms with E-state index in [9.17, 15) is 9.59 Å². The maximum absolute atomic E-state index is 13.1. The van der Waals surface area contributed by atoms with Crippen LogP contribution in [-0.2, 0) is 11.2 Å². The lowest BCUT2D eigenvalue weighted by Gasteiger charge is -2.20. The Labute approximate surface area is 174 Å². The zero-order valence-corrected chi connectivity index (χ0v) is 17.3. The molecule has 0 saturated carbocycles. The fraction of sp³-hybridized carbons (Fsp3) is 0.304. The Balaban J connectivity index is 1.63. The molecule has 2 amide bonds. The number of anilines is 1. The molecule has 30 heavy (non-hydrogen) atoms. The van der Waals surface area contributed by atoms with Crippen molar-refractivity contribution in [2.75, 3.05) is 19.0 Å². The smallest absolute Gasteiger partial charge is 0.270 e. The highest BCUT2D eigenvalue weighted by molar-refractivity contribution is 6.12. The van der Waals surface area contributed by atoms with Crippen molar-refractivity contribution in [2.45, 2.75) is 32.7 Å². The van der Waals surface area contributed by atoms with Gasteiger partial charge in [-0.3, -0.25) is 9.59 Å². The van der Waals surface area contributed by atoms with E-state index in [0.29, 0.717) is 22.5 Å². The van der Waals surface area contributed by atoms with Crippen molar-refractivity contribution < 1.29 is 19.1 Å². The summed E-state index contributed by atoms with van der Waals surface area (Å²) in [6.45, 7) is 4.10. The van der Waals surface area contributed by atoms with Crippen molar-refractivity contribution >= 4 is 28.4 Å². The number of hydrogen-bond donors (Lipinski definition) is 3. The Morgan fingerprint density at radius 1 is 1.20 bits per heavy atom. The Kier molecular flexibility index (Phi) is 5.35. The van der Waals surface area contributed by atoms with Gasteiger partial charge in [-0.25, -0.2) is 0 Å². The number of amides is 2.